The van der Waals surface area contributed by atoms with Gasteiger partial charge in [-0.1, -0.05) is 0 Å². The van der Waals surface area contributed by atoms with E-state index in [-0.39, 0.29) is 36.0 Å². The molecule has 2 fully saturated rings. The second-order valence-electron chi connectivity index (χ2n) is 5.81. The highest BCUT2D eigenvalue weighted by molar-refractivity contribution is 5.94. The standard InChI is InChI=1S/C16H21N3O3.ClH/c20-13-5-3-12(4-6-13)15(21)18-8-10-19(11-9-18)16(22)14-2-1-7-17-14;/h3-6,14,17,20H,1-2,7-11H2;1H. The number of carbonyl (C=O) groups is 2. The van der Waals surface area contributed by atoms with Gasteiger partial charge in [-0.15, -0.1) is 12.4 Å². The summed E-state index contributed by atoms with van der Waals surface area (Å²) in [6.45, 7) is 3.19. The summed E-state index contributed by atoms with van der Waals surface area (Å²) < 4.78 is 0. The van der Waals surface area contributed by atoms with Gasteiger partial charge in [0.05, 0.1) is 6.04 Å². The van der Waals surface area contributed by atoms with E-state index in [9.17, 15) is 14.7 Å². The van der Waals surface area contributed by atoms with Crippen LogP contribution < -0.4 is 5.32 Å². The van der Waals surface area contributed by atoms with Crippen molar-refractivity contribution >= 4 is 24.2 Å². The second kappa shape index (κ2) is 7.66. The summed E-state index contributed by atoms with van der Waals surface area (Å²) >= 11 is 0. The van der Waals surface area contributed by atoms with Crippen molar-refractivity contribution < 1.29 is 14.7 Å². The van der Waals surface area contributed by atoms with E-state index in [1.807, 2.05) is 4.90 Å². The number of nitrogens with zero attached hydrogens (tertiary/aromatic N) is 2. The van der Waals surface area contributed by atoms with Crippen LogP contribution in [0.15, 0.2) is 24.3 Å². The van der Waals surface area contributed by atoms with Crippen molar-refractivity contribution in [2.24, 2.45) is 0 Å². The molecule has 0 bridgehead atoms. The first kappa shape index (κ1) is 17.6. The topological polar surface area (TPSA) is 72.9 Å². The Hall–Kier alpha value is -1.79. The lowest BCUT2D eigenvalue weighted by Crippen LogP contribution is -2.54. The molecule has 1 aromatic rings. The Morgan fingerprint density at radius 2 is 1.65 bits per heavy atom. The molecule has 23 heavy (non-hydrogen) atoms. The summed E-state index contributed by atoms with van der Waals surface area (Å²) in [7, 11) is 0. The molecule has 2 saturated heterocycles. The molecule has 6 nitrogen and oxygen atoms in total. The van der Waals surface area contributed by atoms with Gasteiger partial charge in [0.25, 0.3) is 5.91 Å². The quantitative estimate of drug-likeness (QED) is 0.838. The van der Waals surface area contributed by atoms with Crippen LogP contribution in [0, 0.1) is 0 Å². The molecule has 2 heterocycles. The van der Waals surface area contributed by atoms with Gasteiger partial charge < -0.3 is 20.2 Å². The lowest BCUT2D eigenvalue weighted by molar-refractivity contribution is -0.134. The highest BCUT2D eigenvalue weighted by atomic mass is 35.5. The number of hydrogen-bond donors (Lipinski definition) is 2. The number of nitrogens with one attached hydrogen (secondary N) is 1. The van der Waals surface area contributed by atoms with Crippen LogP contribution in [0.25, 0.3) is 0 Å². The third-order valence-electron chi connectivity index (χ3n) is 4.35. The predicted molar refractivity (Wildman–Crippen MR) is 88.9 cm³/mol. The molecule has 2 aliphatic heterocycles. The normalized spacial score (nSPS) is 21.0. The Morgan fingerprint density at radius 3 is 2.22 bits per heavy atom. The van der Waals surface area contributed by atoms with Gasteiger partial charge in [0.1, 0.15) is 5.75 Å². The molecular formula is C16H22ClN3O3. The summed E-state index contributed by atoms with van der Waals surface area (Å²) in [5, 5.41) is 12.5. The molecule has 1 atom stereocenters. The summed E-state index contributed by atoms with van der Waals surface area (Å²) in [5.41, 5.74) is 0.565. The molecule has 2 aliphatic rings. The number of phenols is 1. The van der Waals surface area contributed by atoms with Crippen molar-refractivity contribution in [3.8, 4) is 5.75 Å². The molecule has 0 aromatic heterocycles. The van der Waals surface area contributed by atoms with E-state index in [0.717, 1.165) is 19.4 Å². The Morgan fingerprint density at radius 1 is 1.04 bits per heavy atom. The number of hydrogen-bond acceptors (Lipinski definition) is 4. The van der Waals surface area contributed by atoms with Gasteiger partial charge in [-0.05, 0) is 43.7 Å². The molecule has 2 amide bonds. The van der Waals surface area contributed by atoms with E-state index in [4.69, 9.17) is 0 Å². The molecule has 1 unspecified atom stereocenters. The Bertz CT molecular complexity index is 550. The van der Waals surface area contributed by atoms with E-state index in [1.54, 1.807) is 17.0 Å². The highest BCUT2D eigenvalue weighted by Crippen LogP contribution is 2.15. The lowest BCUT2D eigenvalue weighted by Gasteiger charge is -2.36. The van der Waals surface area contributed by atoms with Crippen LogP contribution >= 0.6 is 12.4 Å². The maximum atomic E-state index is 12.4. The van der Waals surface area contributed by atoms with Gasteiger partial charge in [-0.2, -0.15) is 0 Å². The maximum Gasteiger partial charge on any atom is 0.253 e. The highest BCUT2D eigenvalue weighted by Gasteiger charge is 2.30. The Kier molecular flexibility index (Phi) is 5.85. The van der Waals surface area contributed by atoms with Crippen molar-refractivity contribution in [3.05, 3.63) is 29.8 Å². The van der Waals surface area contributed by atoms with E-state index in [2.05, 4.69) is 5.32 Å². The van der Waals surface area contributed by atoms with Crippen LogP contribution in [0.2, 0.25) is 0 Å². The fourth-order valence-corrected chi connectivity index (χ4v) is 3.03. The molecule has 0 aliphatic carbocycles. The van der Waals surface area contributed by atoms with E-state index in [1.165, 1.54) is 12.1 Å². The average Bonchev–Trinajstić information content (AvgIpc) is 3.09. The number of aromatic hydroxyl groups is 1. The molecule has 2 N–H and O–H groups in total. The van der Waals surface area contributed by atoms with Gasteiger partial charge in [0.15, 0.2) is 0 Å². The average molecular weight is 340 g/mol. The van der Waals surface area contributed by atoms with Crippen molar-refractivity contribution in [2.45, 2.75) is 18.9 Å². The van der Waals surface area contributed by atoms with Crippen molar-refractivity contribution in [1.82, 2.24) is 15.1 Å². The number of amides is 2. The minimum absolute atomic E-state index is 0. The third-order valence-corrected chi connectivity index (χ3v) is 4.35. The smallest absolute Gasteiger partial charge is 0.253 e. The molecule has 0 radical (unpaired) electrons. The van der Waals surface area contributed by atoms with Gasteiger partial charge in [-0.3, -0.25) is 9.59 Å². The molecule has 126 valence electrons. The van der Waals surface area contributed by atoms with Crippen LogP contribution in [0.5, 0.6) is 5.75 Å². The molecule has 0 saturated carbocycles. The summed E-state index contributed by atoms with van der Waals surface area (Å²) in [5.74, 6) is 0.261. The number of carbonyl (C=O) groups excluding carboxylic acids is 2. The van der Waals surface area contributed by atoms with E-state index in [0.29, 0.717) is 31.7 Å². The molecule has 1 aromatic carbocycles. The van der Waals surface area contributed by atoms with Gasteiger partial charge >= 0.3 is 0 Å². The summed E-state index contributed by atoms with van der Waals surface area (Å²) in [6.07, 6.45) is 1.96. The number of halogens is 1. The number of piperazine rings is 1. The zero-order valence-electron chi connectivity index (χ0n) is 12.9. The van der Waals surface area contributed by atoms with Crippen LogP contribution in [0.3, 0.4) is 0 Å². The zero-order valence-corrected chi connectivity index (χ0v) is 13.7. The first-order valence-electron chi connectivity index (χ1n) is 7.75. The minimum Gasteiger partial charge on any atom is -0.508 e. The molecular weight excluding hydrogens is 318 g/mol. The van der Waals surface area contributed by atoms with Gasteiger partial charge in [-0.25, -0.2) is 0 Å². The Labute approximate surface area is 141 Å². The van der Waals surface area contributed by atoms with Crippen LogP contribution in [-0.4, -0.2) is 65.5 Å². The second-order valence-corrected chi connectivity index (χ2v) is 5.81. The van der Waals surface area contributed by atoms with Gasteiger partial charge in [0, 0.05) is 31.7 Å². The number of phenolic OH excluding ortho intramolecular Hbond substituents is 1. The fourth-order valence-electron chi connectivity index (χ4n) is 3.03. The van der Waals surface area contributed by atoms with E-state index >= 15 is 0 Å². The molecule has 3 rings (SSSR count). The summed E-state index contributed by atoms with van der Waals surface area (Å²) in [4.78, 5) is 28.3. The van der Waals surface area contributed by atoms with E-state index < -0.39 is 0 Å². The lowest BCUT2D eigenvalue weighted by atomic mass is 10.1. The first-order valence-corrected chi connectivity index (χ1v) is 7.75. The number of benzene rings is 1. The van der Waals surface area contributed by atoms with Crippen molar-refractivity contribution in [2.75, 3.05) is 32.7 Å². The summed E-state index contributed by atoms with van der Waals surface area (Å²) in [6, 6.07) is 6.23. The Balaban J connectivity index is 0.00000192. The molecule has 0 spiro atoms. The minimum atomic E-state index is -0.0499. The third kappa shape index (κ3) is 3.95. The van der Waals surface area contributed by atoms with Crippen LogP contribution in [0.4, 0.5) is 0 Å². The van der Waals surface area contributed by atoms with Gasteiger partial charge in [0.2, 0.25) is 5.91 Å². The van der Waals surface area contributed by atoms with Crippen LogP contribution in [-0.2, 0) is 4.79 Å². The van der Waals surface area contributed by atoms with Crippen molar-refractivity contribution in [3.63, 3.8) is 0 Å². The monoisotopic (exact) mass is 339 g/mol. The first-order chi connectivity index (χ1) is 10.6. The largest absolute Gasteiger partial charge is 0.508 e. The predicted octanol–water partition coefficient (Wildman–Crippen LogP) is 0.850. The molecule has 7 heteroatoms. The number of rotatable bonds is 2. The zero-order chi connectivity index (χ0) is 15.5. The fraction of sp³-hybridized carbons (Fsp3) is 0.500. The van der Waals surface area contributed by atoms with Crippen LogP contribution in [0.1, 0.15) is 23.2 Å². The van der Waals surface area contributed by atoms with Crippen molar-refractivity contribution in [1.29, 1.82) is 0 Å². The SMILES string of the molecule is Cl.O=C(c1ccc(O)cc1)N1CCN(C(=O)C2CCCN2)CC1. The maximum absolute atomic E-state index is 12.4.